The monoisotopic (exact) mass is 288 g/mol. The second-order valence-corrected chi connectivity index (χ2v) is 5.49. The summed E-state index contributed by atoms with van der Waals surface area (Å²) >= 11 is 1.68. The van der Waals surface area contributed by atoms with Crippen molar-refractivity contribution in [1.29, 1.82) is 0 Å². The van der Waals surface area contributed by atoms with Gasteiger partial charge in [-0.25, -0.2) is 4.79 Å². The molecule has 0 aliphatic heterocycles. The molecule has 0 aliphatic rings. The molecule has 2 rings (SSSR count). The van der Waals surface area contributed by atoms with Crippen molar-refractivity contribution in [2.45, 2.75) is 17.6 Å². The highest BCUT2D eigenvalue weighted by Gasteiger charge is 2.11. The Kier molecular flexibility index (Phi) is 4.69. The summed E-state index contributed by atoms with van der Waals surface area (Å²) in [6.07, 6.45) is 0. The van der Waals surface area contributed by atoms with Gasteiger partial charge in [-0.15, -0.1) is 11.8 Å². The highest BCUT2D eigenvalue weighted by Crippen LogP contribution is 2.26. The molecule has 1 N–H and O–H groups in total. The lowest BCUT2D eigenvalue weighted by atomic mass is 10.1. The van der Waals surface area contributed by atoms with Crippen LogP contribution in [0, 0.1) is 6.92 Å². The molecule has 0 amide bonds. The first-order chi connectivity index (χ1) is 9.60. The molecule has 0 spiro atoms. The van der Waals surface area contributed by atoms with E-state index in [1.165, 1.54) is 17.6 Å². The maximum atomic E-state index is 11.2. The molecule has 0 saturated heterocycles. The van der Waals surface area contributed by atoms with Crippen LogP contribution in [0.1, 0.15) is 21.5 Å². The SMILES string of the molecule is COc1ccc(CSc2ccc(C)cc2)cc1C(=O)O. The highest BCUT2D eigenvalue weighted by molar-refractivity contribution is 7.98. The molecule has 2 aromatic rings. The van der Waals surface area contributed by atoms with Gasteiger partial charge in [-0.2, -0.15) is 0 Å². The second kappa shape index (κ2) is 6.48. The molecule has 20 heavy (non-hydrogen) atoms. The van der Waals surface area contributed by atoms with E-state index in [2.05, 4.69) is 31.2 Å². The lowest BCUT2D eigenvalue weighted by molar-refractivity contribution is 0.0693. The molecule has 0 aromatic heterocycles. The zero-order chi connectivity index (χ0) is 14.5. The molecule has 0 heterocycles. The Labute approximate surface area is 122 Å². The quantitative estimate of drug-likeness (QED) is 0.845. The van der Waals surface area contributed by atoms with Crippen molar-refractivity contribution >= 4 is 17.7 Å². The van der Waals surface area contributed by atoms with Crippen LogP contribution < -0.4 is 4.74 Å². The lowest BCUT2D eigenvalue weighted by Crippen LogP contribution is -2.01. The molecule has 0 unspecified atom stereocenters. The minimum Gasteiger partial charge on any atom is -0.496 e. The van der Waals surface area contributed by atoms with Gasteiger partial charge < -0.3 is 9.84 Å². The van der Waals surface area contributed by atoms with Crippen LogP contribution in [0.2, 0.25) is 0 Å². The number of aromatic carboxylic acids is 1. The Morgan fingerprint density at radius 3 is 2.50 bits per heavy atom. The van der Waals surface area contributed by atoms with Gasteiger partial charge in [0.1, 0.15) is 11.3 Å². The van der Waals surface area contributed by atoms with E-state index < -0.39 is 5.97 Å². The van der Waals surface area contributed by atoms with Crippen LogP contribution in [0.5, 0.6) is 5.75 Å². The molecule has 0 fully saturated rings. The van der Waals surface area contributed by atoms with Crippen molar-refractivity contribution in [3.05, 3.63) is 59.2 Å². The molecule has 104 valence electrons. The summed E-state index contributed by atoms with van der Waals surface area (Å²) in [5.74, 6) is 0.151. The fourth-order valence-electron chi connectivity index (χ4n) is 1.81. The van der Waals surface area contributed by atoms with Gasteiger partial charge in [0, 0.05) is 10.6 Å². The summed E-state index contributed by atoms with van der Waals surface area (Å²) in [5.41, 5.74) is 2.40. The predicted molar refractivity (Wildman–Crippen MR) is 80.7 cm³/mol. The second-order valence-electron chi connectivity index (χ2n) is 4.44. The molecule has 3 nitrogen and oxygen atoms in total. The van der Waals surface area contributed by atoms with Crippen LogP contribution >= 0.6 is 11.8 Å². The number of hydrogen-bond acceptors (Lipinski definition) is 3. The van der Waals surface area contributed by atoms with E-state index in [0.29, 0.717) is 5.75 Å². The lowest BCUT2D eigenvalue weighted by Gasteiger charge is -2.08. The number of methoxy groups -OCH3 is 1. The summed E-state index contributed by atoms with van der Waals surface area (Å²) < 4.78 is 5.05. The van der Waals surface area contributed by atoms with Gasteiger partial charge in [0.2, 0.25) is 0 Å². The standard InChI is InChI=1S/C16H16O3S/c1-11-3-6-13(7-4-11)20-10-12-5-8-15(19-2)14(9-12)16(17)18/h3-9H,10H2,1-2H3,(H,17,18). The molecule has 4 heteroatoms. The van der Waals surface area contributed by atoms with Crippen molar-refractivity contribution in [2.75, 3.05) is 7.11 Å². The molecule has 0 saturated carbocycles. The van der Waals surface area contributed by atoms with E-state index in [9.17, 15) is 4.79 Å². The summed E-state index contributed by atoms with van der Waals surface area (Å²) in [6, 6.07) is 13.5. The molecule has 2 aromatic carbocycles. The number of carboxylic acid groups (broad SMARTS) is 1. The number of carbonyl (C=O) groups is 1. The van der Waals surface area contributed by atoms with Crippen molar-refractivity contribution < 1.29 is 14.6 Å². The third kappa shape index (κ3) is 3.54. The van der Waals surface area contributed by atoms with Crippen LogP contribution in [-0.2, 0) is 5.75 Å². The number of hydrogen-bond donors (Lipinski definition) is 1. The Hall–Kier alpha value is -1.94. The Morgan fingerprint density at radius 1 is 1.20 bits per heavy atom. The van der Waals surface area contributed by atoms with E-state index in [1.54, 1.807) is 23.9 Å². The summed E-state index contributed by atoms with van der Waals surface area (Å²) in [6.45, 7) is 2.05. The van der Waals surface area contributed by atoms with Crippen molar-refractivity contribution in [3.8, 4) is 5.75 Å². The first-order valence-electron chi connectivity index (χ1n) is 6.20. The van der Waals surface area contributed by atoms with Crippen molar-refractivity contribution in [2.24, 2.45) is 0 Å². The largest absolute Gasteiger partial charge is 0.496 e. The van der Waals surface area contributed by atoms with Gasteiger partial charge in [-0.05, 0) is 36.8 Å². The van der Waals surface area contributed by atoms with Gasteiger partial charge in [-0.3, -0.25) is 0 Å². The normalized spacial score (nSPS) is 10.3. The van der Waals surface area contributed by atoms with E-state index in [4.69, 9.17) is 9.84 Å². The third-order valence-electron chi connectivity index (χ3n) is 2.92. The van der Waals surface area contributed by atoms with Gasteiger partial charge in [-0.1, -0.05) is 23.8 Å². The third-order valence-corrected chi connectivity index (χ3v) is 4.00. The molecule has 0 bridgehead atoms. The maximum Gasteiger partial charge on any atom is 0.339 e. The minimum atomic E-state index is -0.968. The first-order valence-corrected chi connectivity index (χ1v) is 7.18. The minimum absolute atomic E-state index is 0.203. The number of rotatable bonds is 5. The number of aryl methyl sites for hydroxylation is 1. The number of thioether (sulfide) groups is 1. The van der Waals surface area contributed by atoms with Crippen LogP contribution in [-0.4, -0.2) is 18.2 Å². The number of benzene rings is 2. The van der Waals surface area contributed by atoms with E-state index in [0.717, 1.165) is 11.3 Å². The molecular weight excluding hydrogens is 272 g/mol. The molecule has 0 atom stereocenters. The average Bonchev–Trinajstić information content (AvgIpc) is 2.46. The van der Waals surface area contributed by atoms with E-state index >= 15 is 0 Å². The van der Waals surface area contributed by atoms with E-state index in [-0.39, 0.29) is 5.56 Å². The van der Waals surface area contributed by atoms with Crippen LogP contribution in [0.25, 0.3) is 0 Å². The number of carboxylic acids is 1. The summed E-state index contributed by atoms with van der Waals surface area (Å²) in [7, 11) is 1.47. The summed E-state index contributed by atoms with van der Waals surface area (Å²) in [5, 5.41) is 9.15. The van der Waals surface area contributed by atoms with E-state index in [1.807, 2.05) is 6.07 Å². The zero-order valence-electron chi connectivity index (χ0n) is 11.4. The van der Waals surface area contributed by atoms with Gasteiger partial charge >= 0.3 is 5.97 Å². The Morgan fingerprint density at radius 2 is 1.90 bits per heavy atom. The predicted octanol–water partition coefficient (Wildman–Crippen LogP) is 3.99. The van der Waals surface area contributed by atoms with Gasteiger partial charge in [0.25, 0.3) is 0 Å². The zero-order valence-corrected chi connectivity index (χ0v) is 12.2. The van der Waals surface area contributed by atoms with Crippen molar-refractivity contribution in [1.82, 2.24) is 0 Å². The smallest absolute Gasteiger partial charge is 0.339 e. The van der Waals surface area contributed by atoms with Gasteiger partial charge in [0.15, 0.2) is 0 Å². The van der Waals surface area contributed by atoms with Crippen molar-refractivity contribution in [3.63, 3.8) is 0 Å². The van der Waals surface area contributed by atoms with Gasteiger partial charge in [0.05, 0.1) is 7.11 Å². The fourth-order valence-corrected chi connectivity index (χ4v) is 2.65. The first kappa shape index (κ1) is 14.5. The topological polar surface area (TPSA) is 46.5 Å². The maximum absolute atomic E-state index is 11.2. The van der Waals surface area contributed by atoms with Crippen LogP contribution in [0.3, 0.4) is 0 Å². The van der Waals surface area contributed by atoms with Crippen LogP contribution in [0.15, 0.2) is 47.4 Å². The molecular formula is C16H16O3S. The summed E-state index contributed by atoms with van der Waals surface area (Å²) in [4.78, 5) is 12.3. The average molecular weight is 288 g/mol. The number of ether oxygens (including phenoxy) is 1. The Bertz CT molecular complexity index is 606. The molecule has 0 radical (unpaired) electrons. The molecule has 0 aliphatic carbocycles. The Balaban J connectivity index is 2.11. The highest BCUT2D eigenvalue weighted by atomic mass is 32.2. The fraction of sp³-hybridized carbons (Fsp3) is 0.188. The van der Waals surface area contributed by atoms with Crippen LogP contribution in [0.4, 0.5) is 0 Å².